The normalized spacial score (nSPS) is 17.8. The van der Waals surface area contributed by atoms with Crippen LogP contribution in [-0.4, -0.2) is 66.5 Å². The number of nitrogens with zero attached hydrogens (tertiary/aromatic N) is 3. The van der Waals surface area contributed by atoms with Gasteiger partial charge in [-0.15, -0.1) is 0 Å². The Bertz CT molecular complexity index is 931. The number of fused-ring (bicyclic) bond motifs is 1. The molecule has 2 heterocycles. The number of aromatic nitrogens is 1. The van der Waals surface area contributed by atoms with E-state index >= 15 is 0 Å². The molecule has 0 spiro atoms. The first-order valence-electron chi connectivity index (χ1n) is 11.2. The van der Waals surface area contributed by atoms with Crippen molar-refractivity contribution in [3.8, 4) is 11.6 Å². The van der Waals surface area contributed by atoms with Crippen LogP contribution in [0.3, 0.4) is 0 Å². The first-order chi connectivity index (χ1) is 15.4. The van der Waals surface area contributed by atoms with Crippen LogP contribution in [0.15, 0.2) is 42.6 Å². The van der Waals surface area contributed by atoms with Crippen LogP contribution in [0.2, 0.25) is 0 Å². The van der Waals surface area contributed by atoms with Crippen LogP contribution >= 0.6 is 0 Å². The summed E-state index contributed by atoms with van der Waals surface area (Å²) in [7, 11) is 3.32. The van der Waals surface area contributed by atoms with E-state index in [4.69, 9.17) is 9.47 Å². The van der Waals surface area contributed by atoms with Gasteiger partial charge in [0, 0.05) is 26.3 Å². The SMILES string of the molecule is COc1ncccc1C(=O)N1CCCCN(C)C(=O)c2ccccc2OC[C@@H]1CC(C)C. The zero-order valence-corrected chi connectivity index (χ0v) is 19.4. The Hall–Kier alpha value is -3.09. The molecule has 0 saturated carbocycles. The van der Waals surface area contributed by atoms with Crippen LogP contribution in [0.5, 0.6) is 11.6 Å². The van der Waals surface area contributed by atoms with Crippen LogP contribution in [0.1, 0.15) is 53.8 Å². The number of carbonyl (C=O) groups is 2. The number of hydrogen-bond donors (Lipinski definition) is 0. The van der Waals surface area contributed by atoms with E-state index in [0.29, 0.717) is 48.4 Å². The van der Waals surface area contributed by atoms with Gasteiger partial charge >= 0.3 is 0 Å². The second-order valence-corrected chi connectivity index (χ2v) is 8.58. The van der Waals surface area contributed by atoms with E-state index in [-0.39, 0.29) is 17.9 Å². The van der Waals surface area contributed by atoms with Gasteiger partial charge < -0.3 is 19.3 Å². The van der Waals surface area contributed by atoms with E-state index in [9.17, 15) is 9.59 Å². The number of ether oxygens (including phenoxy) is 2. The van der Waals surface area contributed by atoms with Crippen molar-refractivity contribution in [2.45, 2.75) is 39.2 Å². The van der Waals surface area contributed by atoms with E-state index < -0.39 is 0 Å². The second-order valence-electron chi connectivity index (χ2n) is 8.58. The predicted octanol–water partition coefficient (Wildman–Crippen LogP) is 3.89. The van der Waals surface area contributed by atoms with Gasteiger partial charge in [0.2, 0.25) is 5.88 Å². The van der Waals surface area contributed by atoms with Crippen LogP contribution in [0.25, 0.3) is 0 Å². The summed E-state index contributed by atoms with van der Waals surface area (Å²) in [5.41, 5.74) is 0.995. The first kappa shape index (κ1) is 23.6. The minimum Gasteiger partial charge on any atom is -0.491 e. The Labute approximate surface area is 190 Å². The molecule has 0 aliphatic carbocycles. The van der Waals surface area contributed by atoms with Gasteiger partial charge in [-0.1, -0.05) is 26.0 Å². The molecule has 2 aromatic rings. The summed E-state index contributed by atoms with van der Waals surface area (Å²) in [6.45, 7) is 5.76. The Morgan fingerprint density at radius 3 is 2.69 bits per heavy atom. The topological polar surface area (TPSA) is 72.0 Å². The van der Waals surface area contributed by atoms with Crippen molar-refractivity contribution in [2.75, 3.05) is 33.9 Å². The average Bonchev–Trinajstić information content (AvgIpc) is 2.80. The maximum absolute atomic E-state index is 13.6. The Morgan fingerprint density at radius 2 is 1.94 bits per heavy atom. The molecule has 0 unspecified atom stereocenters. The van der Waals surface area contributed by atoms with Crippen molar-refractivity contribution in [1.29, 1.82) is 0 Å². The summed E-state index contributed by atoms with van der Waals surface area (Å²) >= 11 is 0. The molecule has 0 saturated heterocycles. The number of rotatable bonds is 4. The third-order valence-corrected chi connectivity index (χ3v) is 5.68. The summed E-state index contributed by atoms with van der Waals surface area (Å²) in [5.74, 6) is 1.08. The largest absolute Gasteiger partial charge is 0.491 e. The molecule has 32 heavy (non-hydrogen) atoms. The van der Waals surface area contributed by atoms with E-state index in [2.05, 4.69) is 18.8 Å². The average molecular weight is 440 g/mol. The second kappa shape index (κ2) is 11.0. The van der Waals surface area contributed by atoms with Gasteiger partial charge in [0.05, 0.1) is 18.7 Å². The standard InChI is InChI=1S/C25H33N3O4/c1-18(2)16-19-17-32-22-12-6-5-10-20(22)24(29)27(3)14-7-8-15-28(19)25(30)21-11-9-13-26-23(21)31-4/h5-6,9-13,18-19H,7-8,14-17H2,1-4H3/t19-/m0/s1. The van der Waals surface area contributed by atoms with Crippen LogP contribution in [0.4, 0.5) is 0 Å². The maximum Gasteiger partial charge on any atom is 0.259 e. The highest BCUT2D eigenvalue weighted by molar-refractivity contribution is 5.97. The van der Waals surface area contributed by atoms with E-state index in [1.807, 2.05) is 23.1 Å². The molecule has 1 aliphatic heterocycles. The molecule has 7 nitrogen and oxygen atoms in total. The van der Waals surface area contributed by atoms with Gasteiger partial charge in [-0.2, -0.15) is 0 Å². The molecule has 2 amide bonds. The molecule has 172 valence electrons. The molecule has 0 bridgehead atoms. The van der Waals surface area contributed by atoms with Crippen molar-refractivity contribution >= 4 is 11.8 Å². The summed E-state index contributed by atoms with van der Waals surface area (Å²) in [5, 5.41) is 0. The minimum absolute atomic E-state index is 0.0467. The van der Waals surface area contributed by atoms with Crippen LogP contribution in [0, 0.1) is 5.92 Å². The molecule has 0 N–H and O–H groups in total. The van der Waals surface area contributed by atoms with Gasteiger partial charge in [-0.25, -0.2) is 4.98 Å². The number of para-hydroxylation sites is 1. The van der Waals surface area contributed by atoms with Gasteiger partial charge in [0.25, 0.3) is 11.8 Å². The highest BCUT2D eigenvalue weighted by atomic mass is 16.5. The molecule has 0 fully saturated rings. The smallest absolute Gasteiger partial charge is 0.259 e. The summed E-state index contributed by atoms with van der Waals surface area (Å²) in [4.78, 5) is 34.3. The van der Waals surface area contributed by atoms with Gasteiger partial charge in [0.1, 0.15) is 17.9 Å². The van der Waals surface area contributed by atoms with Crippen molar-refractivity contribution < 1.29 is 19.1 Å². The minimum atomic E-state index is -0.146. The number of methoxy groups -OCH3 is 1. The fourth-order valence-corrected chi connectivity index (χ4v) is 4.04. The monoisotopic (exact) mass is 439 g/mol. The Morgan fingerprint density at radius 1 is 1.19 bits per heavy atom. The van der Waals surface area contributed by atoms with Gasteiger partial charge in [-0.3, -0.25) is 9.59 Å². The molecule has 1 atom stereocenters. The fraction of sp³-hybridized carbons (Fsp3) is 0.480. The lowest BCUT2D eigenvalue weighted by Crippen LogP contribution is -2.45. The van der Waals surface area contributed by atoms with Crippen molar-refractivity contribution in [2.24, 2.45) is 5.92 Å². The lowest BCUT2D eigenvalue weighted by Gasteiger charge is -2.34. The number of amides is 2. The molecule has 1 aromatic carbocycles. The van der Waals surface area contributed by atoms with Gasteiger partial charge in [-0.05, 0) is 49.4 Å². The lowest BCUT2D eigenvalue weighted by molar-refractivity contribution is 0.0555. The Kier molecular flexibility index (Phi) is 8.09. The van der Waals surface area contributed by atoms with Crippen LogP contribution in [-0.2, 0) is 0 Å². The fourth-order valence-electron chi connectivity index (χ4n) is 4.04. The van der Waals surface area contributed by atoms with E-state index in [1.165, 1.54) is 7.11 Å². The third-order valence-electron chi connectivity index (χ3n) is 5.68. The zero-order valence-electron chi connectivity index (χ0n) is 19.4. The number of benzene rings is 1. The molecule has 0 radical (unpaired) electrons. The van der Waals surface area contributed by atoms with E-state index in [1.54, 1.807) is 36.3 Å². The highest BCUT2D eigenvalue weighted by Gasteiger charge is 2.29. The van der Waals surface area contributed by atoms with Crippen molar-refractivity contribution in [3.05, 3.63) is 53.7 Å². The summed E-state index contributed by atoms with van der Waals surface area (Å²) < 4.78 is 11.5. The highest BCUT2D eigenvalue weighted by Crippen LogP contribution is 2.25. The quantitative estimate of drug-likeness (QED) is 0.723. The molecular weight excluding hydrogens is 406 g/mol. The van der Waals surface area contributed by atoms with Gasteiger partial charge in [0.15, 0.2) is 0 Å². The molecular formula is C25H33N3O4. The first-order valence-corrected chi connectivity index (χ1v) is 11.2. The molecule has 3 rings (SSSR count). The van der Waals surface area contributed by atoms with Crippen molar-refractivity contribution in [3.63, 3.8) is 0 Å². The number of pyridine rings is 1. The molecule has 1 aliphatic rings. The van der Waals surface area contributed by atoms with Crippen LogP contribution < -0.4 is 9.47 Å². The maximum atomic E-state index is 13.6. The third kappa shape index (κ3) is 5.58. The lowest BCUT2D eigenvalue weighted by atomic mass is 10.0. The summed E-state index contributed by atoms with van der Waals surface area (Å²) in [6, 6.07) is 10.7. The zero-order chi connectivity index (χ0) is 23.1. The van der Waals surface area contributed by atoms with Crippen molar-refractivity contribution in [1.82, 2.24) is 14.8 Å². The Balaban J connectivity index is 1.96. The number of hydrogen-bond acceptors (Lipinski definition) is 5. The van der Waals surface area contributed by atoms with E-state index in [0.717, 1.165) is 19.3 Å². The predicted molar refractivity (Wildman–Crippen MR) is 123 cm³/mol. The molecule has 1 aromatic heterocycles. The number of carbonyl (C=O) groups excluding carboxylic acids is 2. The summed E-state index contributed by atoms with van der Waals surface area (Å²) in [6.07, 6.45) is 3.98. The molecule has 7 heteroatoms.